The Bertz CT molecular complexity index is 403. The van der Waals surface area contributed by atoms with Gasteiger partial charge in [-0.2, -0.15) is 4.98 Å². The monoisotopic (exact) mass is 271 g/mol. The summed E-state index contributed by atoms with van der Waals surface area (Å²) < 4.78 is 10.9. The molecule has 1 aromatic rings. The van der Waals surface area contributed by atoms with Crippen molar-refractivity contribution in [2.45, 2.75) is 19.9 Å². The topological polar surface area (TPSA) is 47.5 Å². The number of anilines is 1. The van der Waals surface area contributed by atoms with Crippen molar-refractivity contribution >= 4 is 17.5 Å². The van der Waals surface area contributed by atoms with Crippen LogP contribution >= 0.6 is 11.6 Å². The molecule has 0 amide bonds. The zero-order chi connectivity index (χ0) is 13.0. The quantitative estimate of drug-likeness (QED) is 0.779. The van der Waals surface area contributed by atoms with Gasteiger partial charge in [0, 0.05) is 24.2 Å². The van der Waals surface area contributed by atoms with Gasteiger partial charge in [0.1, 0.15) is 0 Å². The molecule has 1 unspecified atom stereocenters. The minimum absolute atomic E-state index is 0.122. The standard InChI is InChI=1S/C12H18ClN3O2/c1-3-18-11-6-9(2)14-12(15-11)16-4-5-17-8-10(16)7-13/h6,10H,3-5,7-8H2,1-2H3. The van der Waals surface area contributed by atoms with Gasteiger partial charge in [0.2, 0.25) is 11.8 Å². The molecule has 2 rings (SSSR count). The Hall–Kier alpha value is -1.07. The van der Waals surface area contributed by atoms with Crippen molar-refractivity contribution < 1.29 is 9.47 Å². The third-order valence-electron chi connectivity index (χ3n) is 2.77. The molecule has 1 saturated heterocycles. The molecular formula is C12H18ClN3O2. The summed E-state index contributed by atoms with van der Waals surface area (Å²) in [5.41, 5.74) is 0.892. The van der Waals surface area contributed by atoms with Crippen LogP contribution in [-0.2, 0) is 4.74 Å². The van der Waals surface area contributed by atoms with Crippen LogP contribution in [0.15, 0.2) is 6.07 Å². The molecule has 18 heavy (non-hydrogen) atoms. The van der Waals surface area contributed by atoms with Gasteiger partial charge < -0.3 is 14.4 Å². The third kappa shape index (κ3) is 3.03. The summed E-state index contributed by atoms with van der Waals surface area (Å²) in [5, 5.41) is 0. The molecule has 0 radical (unpaired) electrons. The number of hydrogen-bond donors (Lipinski definition) is 0. The number of alkyl halides is 1. The van der Waals surface area contributed by atoms with Crippen LogP contribution in [-0.4, -0.2) is 48.3 Å². The van der Waals surface area contributed by atoms with E-state index in [2.05, 4.69) is 14.9 Å². The zero-order valence-corrected chi connectivity index (χ0v) is 11.5. The Kier molecular flexibility index (Phi) is 4.60. The number of morpholine rings is 1. The lowest BCUT2D eigenvalue weighted by molar-refractivity contribution is 0.0988. The summed E-state index contributed by atoms with van der Waals surface area (Å²) in [4.78, 5) is 11.0. The van der Waals surface area contributed by atoms with Gasteiger partial charge >= 0.3 is 0 Å². The molecule has 0 saturated carbocycles. The number of rotatable bonds is 4. The van der Waals surface area contributed by atoms with Crippen molar-refractivity contribution in [3.05, 3.63) is 11.8 Å². The summed E-state index contributed by atoms with van der Waals surface area (Å²) >= 11 is 5.96. The Balaban J connectivity index is 2.24. The van der Waals surface area contributed by atoms with E-state index >= 15 is 0 Å². The van der Waals surface area contributed by atoms with Gasteiger partial charge in [0.25, 0.3) is 0 Å². The number of aryl methyl sites for hydroxylation is 1. The van der Waals surface area contributed by atoms with Crippen molar-refractivity contribution in [3.8, 4) is 5.88 Å². The minimum atomic E-state index is 0.122. The second kappa shape index (κ2) is 6.20. The second-order valence-electron chi connectivity index (χ2n) is 4.16. The van der Waals surface area contributed by atoms with E-state index in [0.29, 0.717) is 37.5 Å². The molecule has 0 bridgehead atoms. The van der Waals surface area contributed by atoms with Crippen LogP contribution in [0.3, 0.4) is 0 Å². The smallest absolute Gasteiger partial charge is 0.229 e. The van der Waals surface area contributed by atoms with E-state index < -0.39 is 0 Å². The summed E-state index contributed by atoms with van der Waals surface area (Å²) in [5.74, 6) is 1.79. The van der Waals surface area contributed by atoms with Gasteiger partial charge in [-0.25, -0.2) is 4.98 Å². The Morgan fingerprint density at radius 1 is 1.56 bits per heavy atom. The normalized spacial score (nSPS) is 19.9. The molecule has 1 aliphatic heterocycles. The number of hydrogen-bond acceptors (Lipinski definition) is 5. The molecule has 1 aliphatic rings. The summed E-state index contributed by atoms with van der Waals surface area (Å²) in [6, 6.07) is 1.96. The van der Waals surface area contributed by atoms with E-state index in [-0.39, 0.29) is 6.04 Å². The van der Waals surface area contributed by atoms with Gasteiger partial charge in [0.15, 0.2) is 0 Å². The summed E-state index contributed by atoms with van der Waals surface area (Å²) in [6.07, 6.45) is 0. The van der Waals surface area contributed by atoms with Crippen LogP contribution in [0, 0.1) is 6.92 Å². The van der Waals surface area contributed by atoms with E-state index in [1.54, 1.807) is 0 Å². The van der Waals surface area contributed by atoms with Gasteiger partial charge in [-0.1, -0.05) is 0 Å². The highest BCUT2D eigenvalue weighted by Gasteiger charge is 2.25. The first-order valence-electron chi connectivity index (χ1n) is 6.13. The maximum Gasteiger partial charge on any atom is 0.229 e. The summed E-state index contributed by atoms with van der Waals surface area (Å²) in [7, 11) is 0. The van der Waals surface area contributed by atoms with Gasteiger partial charge in [-0.15, -0.1) is 11.6 Å². The van der Waals surface area contributed by atoms with Crippen LogP contribution in [0.25, 0.3) is 0 Å². The van der Waals surface area contributed by atoms with Crippen LogP contribution in [0.5, 0.6) is 5.88 Å². The highest BCUT2D eigenvalue weighted by Crippen LogP contribution is 2.20. The molecule has 2 heterocycles. The van der Waals surface area contributed by atoms with E-state index in [4.69, 9.17) is 21.1 Å². The molecule has 0 N–H and O–H groups in total. The molecule has 0 aromatic carbocycles. The highest BCUT2D eigenvalue weighted by molar-refractivity contribution is 6.18. The summed E-state index contributed by atoms with van der Waals surface area (Å²) in [6.45, 7) is 6.51. The second-order valence-corrected chi connectivity index (χ2v) is 4.47. The fourth-order valence-corrected chi connectivity index (χ4v) is 2.18. The molecule has 0 aliphatic carbocycles. The van der Waals surface area contributed by atoms with Crippen molar-refractivity contribution in [2.75, 3.05) is 37.1 Å². The van der Waals surface area contributed by atoms with Gasteiger partial charge in [0.05, 0.1) is 25.9 Å². The number of halogens is 1. The Morgan fingerprint density at radius 2 is 2.39 bits per heavy atom. The predicted molar refractivity (Wildman–Crippen MR) is 70.6 cm³/mol. The lowest BCUT2D eigenvalue weighted by atomic mass is 10.2. The van der Waals surface area contributed by atoms with Crippen molar-refractivity contribution in [2.24, 2.45) is 0 Å². The van der Waals surface area contributed by atoms with Crippen LogP contribution in [0.2, 0.25) is 0 Å². The number of aromatic nitrogens is 2. The first-order valence-corrected chi connectivity index (χ1v) is 6.67. The fraction of sp³-hybridized carbons (Fsp3) is 0.667. The highest BCUT2D eigenvalue weighted by atomic mass is 35.5. The van der Waals surface area contributed by atoms with Crippen molar-refractivity contribution in [1.29, 1.82) is 0 Å². The third-order valence-corrected chi connectivity index (χ3v) is 3.13. The van der Waals surface area contributed by atoms with Crippen LogP contribution < -0.4 is 9.64 Å². The maximum atomic E-state index is 5.96. The van der Waals surface area contributed by atoms with Gasteiger partial charge in [-0.3, -0.25) is 0 Å². The van der Waals surface area contributed by atoms with Crippen LogP contribution in [0.1, 0.15) is 12.6 Å². The lowest BCUT2D eigenvalue weighted by Crippen LogP contribution is -2.47. The first-order chi connectivity index (χ1) is 8.74. The molecular weight excluding hydrogens is 254 g/mol. The predicted octanol–water partition coefficient (Wildman–Crippen LogP) is 1.63. The average molecular weight is 272 g/mol. The molecule has 6 heteroatoms. The average Bonchev–Trinajstić information content (AvgIpc) is 2.38. The molecule has 100 valence electrons. The fourth-order valence-electron chi connectivity index (χ4n) is 1.92. The van der Waals surface area contributed by atoms with Crippen molar-refractivity contribution in [3.63, 3.8) is 0 Å². The molecule has 1 aromatic heterocycles. The van der Waals surface area contributed by atoms with Gasteiger partial charge in [-0.05, 0) is 13.8 Å². The largest absolute Gasteiger partial charge is 0.478 e. The number of nitrogens with zero attached hydrogens (tertiary/aromatic N) is 3. The van der Waals surface area contributed by atoms with E-state index in [0.717, 1.165) is 12.2 Å². The van der Waals surface area contributed by atoms with E-state index in [1.807, 2.05) is 19.9 Å². The Morgan fingerprint density at radius 3 is 3.11 bits per heavy atom. The Labute approximate surface area is 112 Å². The van der Waals surface area contributed by atoms with E-state index in [9.17, 15) is 0 Å². The maximum absolute atomic E-state index is 5.96. The van der Waals surface area contributed by atoms with Crippen molar-refractivity contribution in [1.82, 2.24) is 9.97 Å². The number of ether oxygens (including phenoxy) is 2. The SMILES string of the molecule is CCOc1cc(C)nc(N2CCOCC2CCl)n1. The lowest BCUT2D eigenvalue weighted by Gasteiger charge is -2.34. The minimum Gasteiger partial charge on any atom is -0.478 e. The van der Waals surface area contributed by atoms with Crippen LogP contribution in [0.4, 0.5) is 5.95 Å². The molecule has 1 fully saturated rings. The first kappa shape index (κ1) is 13.4. The zero-order valence-electron chi connectivity index (χ0n) is 10.7. The molecule has 1 atom stereocenters. The van der Waals surface area contributed by atoms with E-state index in [1.165, 1.54) is 0 Å². The molecule has 5 nitrogen and oxygen atoms in total. The molecule has 0 spiro atoms.